The lowest BCUT2D eigenvalue weighted by atomic mass is 10.3. The maximum absolute atomic E-state index is 12.1. The molecule has 0 saturated carbocycles. The first-order chi connectivity index (χ1) is 5.13. The Morgan fingerprint density at radius 2 is 1.36 bits per heavy atom. The second-order valence-electron chi connectivity index (χ2n) is 2.75. The molecule has 0 amide bonds. The highest BCUT2D eigenvalue weighted by Crippen LogP contribution is 1.99. The number of halogens is 2. The fourth-order valence-corrected chi connectivity index (χ4v) is 0.594. The van der Waals surface area contributed by atoms with Gasteiger partial charge in [-0.15, -0.1) is 0 Å². The molecule has 0 aliphatic rings. The molecule has 0 aromatic heterocycles. The van der Waals surface area contributed by atoms with Gasteiger partial charge in [0.1, 0.15) is 0 Å². The van der Waals surface area contributed by atoms with Crippen LogP contribution in [0, 0.1) is 0 Å². The van der Waals surface area contributed by atoms with Crippen LogP contribution >= 0.6 is 0 Å². The highest BCUT2D eigenvalue weighted by Gasteiger charge is 1.99. The first kappa shape index (κ1) is 10.8. The Bertz CT molecular complexity index is 74.2. The molecule has 0 aliphatic carbocycles. The van der Waals surface area contributed by atoms with Gasteiger partial charge in [0.2, 0.25) is 0 Å². The van der Waals surface area contributed by atoms with Crippen LogP contribution in [0.15, 0.2) is 0 Å². The minimum absolute atomic E-state index is 0.393. The monoisotopic (exact) mass is 166 g/mol. The van der Waals surface area contributed by atoms with E-state index >= 15 is 0 Å². The van der Waals surface area contributed by atoms with Gasteiger partial charge in [0.05, 0.1) is 12.3 Å². The summed E-state index contributed by atoms with van der Waals surface area (Å²) in [5.41, 5.74) is 0. The average molecular weight is 166 g/mol. The number of rotatable bonds is 6. The summed E-state index contributed by atoms with van der Waals surface area (Å²) in [6.45, 7) is 3.76. The molecule has 0 N–H and O–H groups in total. The summed E-state index contributed by atoms with van der Waals surface area (Å²) in [6, 6.07) is 0. The number of alkyl halides is 2. The van der Waals surface area contributed by atoms with Crippen molar-refractivity contribution in [3.8, 4) is 0 Å². The van der Waals surface area contributed by atoms with E-state index in [2.05, 4.69) is 0 Å². The van der Waals surface area contributed by atoms with Crippen molar-refractivity contribution in [1.29, 1.82) is 0 Å². The first-order valence-corrected chi connectivity index (χ1v) is 3.98. The van der Waals surface area contributed by atoms with Crippen LogP contribution in [-0.2, 0) is 4.74 Å². The molecule has 0 saturated heterocycles. The van der Waals surface area contributed by atoms with Crippen molar-refractivity contribution in [3.63, 3.8) is 0 Å². The summed E-state index contributed by atoms with van der Waals surface area (Å²) in [5, 5.41) is 0. The van der Waals surface area contributed by atoms with Crippen LogP contribution in [-0.4, -0.2) is 25.6 Å². The minimum atomic E-state index is -0.821. The molecule has 68 valence electrons. The topological polar surface area (TPSA) is 9.23 Å². The Labute approximate surface area is 66.7 Å². The van der Waals surface area contributed by atoms with Crippen molar-refractivity contribution in [3.05, 3.63) is 0 Å². The normalized spacial score (nSPS) is 16.4. The largest absolute Gasteiger partial charge is 0.381 e. The third-order valence-electron chi connectivity index (χ3n) is 1.32. The highest BCUT2D eigenvalue weighted by atomic mass is 19.1. The molecular weight excluding hydrogens is 150 g/mol. The Hall–Kier alpha value is -0.180. The van der Waals surface area contributed by atoms with Crippen LogP contribution < -0.4 is 0 Å². The SMILES string of the molecule is CC(F)CCOCCC(C)F. The third kappa shape index (κ3) is 9.82. The molecule has 0 radical (unpaired) electrons. The molecule has 1 nitrogen and oxygen atoms in total. The van der Waals surface area contributed by atoms with E-state index in [4.69, 9.17) is 4.74 Å². The Morgan fingerprint density at radius 3 is 1.64 bits per heavy atom. The van der Waals surface area contributed by atoms with Crippen molar-refractivity contribution in [1.82, 2.24) is 0 Å². The molecule has 2 atom stereocenters. The van der Waals surface area contributed by atoms with E-state index in [0.717, 1.165) is 0 Å². The van der Waals surface area contributed by atoms with Gasteiger partial charge < -0.3 is 4.74 Å². The van der Waals surface area contributed by atoms with Gasteiger partial charge in [-0.05, 0) is 13.8 Å². The summed E-state index contributed by atoms with van der Waals surface area (Å²) in [7, 11) is 0. The summed E-state index contributed by atoms with van der Waals surface area (Å²) in [6.07, 6.45) is -0.836. The molecule has 0 bridgehead atoms. The fourth-order valence-electron chi connectivity index (χ4n) is 0.594. The molecule has 0 spiro atoms. The second-order valence-corrected chi connectivity index (χ2v) is 2.75. The smallest absolute Gasteiger partial charge is 0.0995 e. The zero-order chi connectivity index (χ0) is 8.69. The molecule has 2 unspecified atom stereocenters. The van der Waals surface area contributed by atoms with E-state index in [9.17, 15) is 8.78 Å². The van der Waals surface area contributed by atoms with E-state index in [1.165, 1.54) is 13.8 Å². The van der Waals surface area contributed by atoms with Gasteiger partial charge in [-0.1, -0.05) is 0 Å². The maximum Gasteiger partial charge on any atom is 0.0995 e. The lowest BCUT2D eigenvalue weighted by Gasteiger charge is -2.04. The van der Waals surface area contributed by atoms with Crippen LogP contribution in [0.2, 0.25) is 0 Å². The molecular formula is C8H16F2O. The second kappa shape index (κ2) is 6.53. The summed E-state index contributed by atoms with van der Waals surface area (Å²) >= 11 is 0. The molecule has 3 heteroatoms. The van der Waals surface area contributed by atoms with Gasteiger partial charge in [0.25, 0.3) is 0 Å². The third-order valence-corrected chi connectivity index (χ3v) is 1.32. The van der Waals surface area contributed by atoms with Gasteiger partial charge in [-0.25, -0.2) is 8.78 Å². The molecule has 0 rings (SSSR count). The summed E-state index contributed by atoms with van der Waals surface area (Å²) in [4.78, 5) is 0. The van der Waals surface area contributed by atoms with Crippen LogP contribution in [0.4, 0.5) is 8.78 Å². The highest BCUT2D eigenvalue weighted by molar-refractivity contribution is 4.47. The predicted molar refractivity (Wildman–Crippen MR) is 41.2 cm³/mol. The van der Waals surface area contributed by atoms with E-state index in [0.29, 0.717) is 26.1 Å². The van der Waals surface area contributed by atoms with Gasteiger partial charge in [-0.2, -0.15) is 0 Å². The van der Waals surface area contributed by atoms with E-state index in [1.54, 1.807) is 0 Å². The van der Waals surface area contributed by atoms with Crippen LogP contribution in [0.5, 0.6) is 0 Å². The average Bonchev–Trinajstić information content (AvgIpc) is 1.85. The molecule has 0 aromatic rings. The van der Waals surface area contributed by atoms with Gasteiger partial charge >= 0.3 is 0 Å². The quantitative estimate of drug-likeness (QED) is 0.551. The number of hydrogen-bond acceptors (Lipinski definition) is 1. The Morgan fingerprint density at radius 1 is 1.00 bits per heavy atom. The zero-order valence-electron chi connectivity index (χ0n) is 7.15. The van der Waals surface area contributed by atoms with Crippen LogP contribution in [0.1, 0.15) is 26.7 Å². The maximum atomic E-state index is 12.1. The van der Waals surface area contributed by atoms with Crippen molar-refractivity contribution in [2.24, 2.45) is 0 Å². The van der Waals surface area contributed by atoms with E-state index in [-0.39, 0.29) is 0 Å². The molecule has 0 heterocycles. The fraction of sp³-hybridized carbons (Fsp3) is 1.00. The van der Waals surface area contributed by atoms with Crippen LogP contribution in [0.25, 0.3) is 0 Å². The van der Waals surface area contributed by atoms with Gasteiger partial charge in [-0.3, -0.25) is 0 Å². The lowest BCUT2D eigenvalue weighted by Crippen LogP contribution is -2.05. The van der Waals surface area contributed by atoms with Gasteiger partial charge in [0.15, 0.2) is 0 Å². The number of ether oxygens (including phenoxy) is 1. The molecule has 0 aliphatic heterocycles. The molecule has 0 fully saturated rings. The summed E-state index contributed by atoms with van der Waals surface area (Å²) in [5.74, 6) is 0. The minimum Gasteiger partial charge on any atom is -0.381 e. The first-order valence-electron chi connectivity index (χ1n) is 3.98. The van der Waals surface area contributed by atoms with E-state index < -0.39 is 12.3 Å². The number of hydrogen-bond donors (Lipinski definition) is 0. The van der Waals surface area contributed by atoms with Crippen molar-refractivity contribution < 1.29 is 13.5 Å². The van der Waals surface area contributed by atoms with Crippen molar-refractivity contribution in [2.75, 3.05) is 13.2 Å². The van der Waals surface area contributed by atoms with E-state index in [1.807, 2.05) is 0 Å². The van der Waals surface area contributed by atoms with Gasteiger partial charge in [0, 0.05) is 26.1 Å². The Balaban J connectivity index is 2.91. The standard InChI is InChI=1S/C8H16F2O/c1-7(9)3-5-11-6-4-8(2)10/h7-8H,3-6H2,1-2H3. The Kier molecular flexibility index (Phi) is 6.42. The molecule has 0 aromatic carbocycles. The predicted octanol–water partition coefficient (Wildman–Crippen LogP) is 2.50. The zero-order valence-corrected chi connectivity index (χ0v) is 7.15. The van der Waals surface area contributed by atoms with Crippen molar-refractivity contribution >= 4 is 0 Å². The summed E-state index contributed by atoms with van der Waals surface area (Å²) < 4.78 is 29.2. The lowest BCUT2D eigenvalue weighted by molar-refractivity contribution is 0.0990. The molecule has 11 heavy (non-hydrogen) atoms. The van der Waals surface area contributed by atoms with Crippen molar-refractivity contribution in [2.45, 2.75) is 39.0 Å². The van der Waals surface area contributed by atoms with Crippen LogP contribution in [0.3, 0.4) is 0 Å².